The number of nitrogens with zero attached hydrogens (tertiary/aromatic N) is 4. The predicted octanol–water partition coefficient (Wildman–Crippen LogP) is 5.03. The van der Waals surface area contributed by atoms with E-state index in [9.17, 15) is 28.3 Å². The number of fused-ring (bicyclic) bond motifs is 1. The zero-order valence-corrected chi connectivity index (χ0v) is 26.0. The van der Waals surface area contributed by atoms with Crippen molar-refractivity contribution in [3.63, 3.8) is 0 Å². The highest BCUT2D eigenvalue weighted by atomic mass is 19.1. The first kappa shape index (κ1) is 32.0. The Kier molecular flexibility index (Phi) is 9.48. The lowest BCUT2D eigenvalue weighted by Gasteiger charge is -2.34. The van der Waals surface area contributed by atoms with E-state index in [1.165, 1.54) is 12.3 Å². The van der Waals surface area contributed by atoms with Crippen molar-refractivity contribution in [1.29, 1.82) is 0 Å². The number of halogens is 2. The van der Waals surface area contributed by atoms with Gasteiger partial charge in [-0.05, 0) is 72.6 Å². The van der Waals surface area contributed by atoms with Gasteiger partial charge in [0.2, 0.25) is 5.91 Å². The lowest BCUT2D eigenvalue weighted by molar-refractivity contribution is -0.138. The Bertz CT molecular complexity index is 1760. The number of aryl methyl sites for hydroxylation is 2. The Labute approximate surface area is 260 Å². The maximum Gasteiger partial charge on any atom is 0.305 e. The Balaban J connectivity index is 1.51. The van der Waals surface area contributed by atoms with Crippen molar-refractivity contribution in [3.05, 3.63) is 93.5 Å². The van der Waals surface area contributed by atoms with Crippen LogP contribution in [-0.2, 0) is 16.0 Å². The van der Waals surface area contributed by atoms with Crippen molar-refractivity contribution in [3.8, 4) is 11.1 Å². The molecule has 0 radical (unpaired) electrons. The summed E-state index contributed by atoms with van der Waals surface area (Å²) in [6.07, 6.45) is 5.99. The minimum absolute atomic E-state index is 0.0437. The normalized spacial score (nSPS) is 15.3. The van der Waals surface area contributed by atoms with Crippen LogP contribution in [-0.4, -0.2) is 61.6 Å². The van der Waals surface area contributed by atoms with Gasteiger partial charge in [0.05, 0.1) is 12.5 Å². The largest absolute Gasteiger partial charge is 0.481 e. The van der Waals surface area contributed by atoms with Crippen LogP contribution in [0.3, 0.4) is 0 Å². The second kappa shape index (κ2) is 13.3. The van der Waals surface area contributed by atoms with Crippen molar-refractivity contribution in [2.45, 2.75) is 65.2 Å². The number of amides is 1. The Morgan fingerprint density at radius 2 is 1.84 bits per heavy atom. The zero-order valence-electron chi connectivity index (χ0n) is 26.0. The average Bonchev–Trinajstić information content (AvgIpc) is 3.43. The number of carbonyl (C=O) groups is 2. The second-order valence-electron chi connectivity index (χ2n) is 12.4. The fourth-order valence-corrected chi connectivity index (χ4v) is 6.12. The zero-order chi connectivity index (χ0) is 32.4. The van der Waals surface area contributed by atoms with Crippen LogP contribution in [0.2, 0.25) is 0 Å². The number of aliphatic carboxylic acids is 1. The van der Waals surface area contributed by atoms with Crippen LogP contribution < -0.4 is 10.9 Å². The average molecular weight is 620 g/mol. The summed E-state index contributed by atoms with van der Waals surface area (Å²) in [5, 5.41) is 12.8. The minimum atomic E-state index is -1.12. The topological polar surface area (TPSA) is 109 Å². The molecule has 1 aromatic carbocycles. The van der Waals surface area contributed by atoms with Gasteiger partial charge in [-0.3, -0.25) is 19.3 Å². The number of carboxylic acids is 1. The molecular weight excluding hydrogens is 580 g/mol. The molecule has 0 unspecified atom stereocenters. The summed E-state index contributed by atoms with van der Waals surface area (Å²) < 4.78 is 31.1. The standard InChI is InChI=1S/C34H39F2N5O4/c1-20(2)12-29(41-16-23(13-27(36)34(41)45)8-10-39-18-25(35)19-39)33(44)38-28(15-30(42)43)24-14-26(32-37-9-11-40(32)17-24)31-21(3)6-5-7-22(31)4/h5-7,9,11,13-14,16-17,20,25,28-29H,8,10,12,15,18-19H2,1-4H3,(H,38,44)(H,42,43)/t28-,29-/m0/s1. The van der Waals surface area contributed by atoms with E-state index >= 15 is 0 Å². The van der Waals surface area contributed by atoms with Crippen LogP contribution in [0.25, 0.3) is 16.8 Å². The molecule has 0 saturated carbocycles. The lowest BCUT2D eigenvalue weighted by atomic mass is 9.93. The Morgan fingerprint density at radius 1 is 1.13 bits per heavy atom. The second-order valence-corrected chi connectivity index (χ2v) is 12.4. The molecule has 4 heterocycles. The molecule has 0 aliphatic carbocycles. The maximum atomic E-state index is 14.9. The molecule has 2 N–H and O–H groups in total. The summed E-state index contributed by atoms with van der Waals surface area (Å²) >= 11 is 0. The van der Waals surface area contributed by atoms with Gasteiger partial charge < -0.3 is 19.4 Å². The van der Waals surface area contributed by atoms with E-state index in [0.29, 0.717) is 42.8 Å². The van der Waals surface area contributed by atoms with Crippen molar-refractivity contribution >= 4 is 17.5 Å². The van der Waals surface area contributed by atoms with E-state index in [2.05, 4.69) is 10.3 Å². The first-order chi connectivity index (χ1) is 21.4. The number of imidazole rings is 1. The number of hydrogen-bond donors (Lipinski definition) is 2. The van der Waals surface area contributed by atoms with Gasteiger partial charge in [-0.15, -0.1) is 0 Å². The van der Waals surface area contributed by atoms with Gasteiger partial charge in [-0.2, -0.15) is 0 Å². The minimum Gasteiger partial charge on any atom is -0.481 e. The maximum absolute atomic E-state index is 14.9. The SMILES string of the molecule is Cc1cccc(C)c1-c1cc([C@H](CC(=O)O)NC(=O)[C@H](CC(C)C)n2cc(CCN3CC(F)C3)cc(F)c2=O)cn2ccnc12. The van der Waals surface area contributed by atoms with Gasteiger partial charge >= 0.3 is 5.97 Å². The number of alkyl halides is 1. The number of nitrogens with one attached hydrogen (secondary N) is 1. The van der Waals surface area contributed by atoms with Gasteiger partial charge in [-0.1, -0.05) is 32.0 Å². The summed E-state index contributed by atoms with van der Waals surface area (Å²) in [6.45, 7) is 8.91. The molecule has 3 aromatic heterocycles. The molecule has 1 aliphatic rings. The molecule has 11 heteroatoms. The highest BCUT2D eigenvalue weighted by Gasteiger charge is 2.30. The van der Waals surface area contributed by atoms with Crippen molar-refractivity contribution in [2.24, 2.45) is 5.92 Å². The molecule has 2 atom stereocenters. The van der Waals surface area contributed by atoms with E-state index in [4.69, 9.17) is 0 Å². The third-order valence-corrected chi connectivity index (χ3v) is 8.38. The van der Waals surface area contributed by atoms with Crippen LogP contribution in [0.4, 0.5) is 8.78 Å². The molecule has 238 valence electrons. The first-order valence-corrected chi connectivity index (χ1v) is 15.2. The summed E-state index contributed by atoms with van der Waals surface area (Å²) in [6, 6.07) is 6.93. The predicted molar refractivity (Wildman–Crippen MR) is 167 cm³/mol. The number of aromatic nitrogens is 3. The molecule has 4 aromatic rings. The number of benzene rings is 1. The number of pyridine rings is 2. The van der Waals surface area contributed by atoms with Crippen molar-refractivity contribution < 1.29 is 23.5 Å². The fraction of sp³-hybridized carbons (Fsp3) is 0.412. The van der Waals surface area contributed by atoms with E-state index in [1.54, 1.807) is 23.0 Å². The fourth-order valence-electron chi connectivity index (χ4n) is 6.12. The molecule has 0 bridgehead atoms. The highest BCUT2D eigenvalue weighted by molar-refractivity contribution is 5.84. The van der Waals surface area contributed by atoms with Gasteiger partial charge in [0, 0.05) is 50.0 Å². The lowest BCUT2D eigenvalue weighted by Crippen LogP contribution is -2.49. The Hall–Kier alpha value is -4.38. The van der Waals surface area contributed by atoms with Crippen LogP contribution in [0.15, 0.2) is 59.9 Å². The van der Waals surface area contributed by atoms with Crippen molar-refractivity contribution in [2.75, 3.05) is 19.6 Å². The smallest absolute Gasteiger partial charge is 0.305 e. The van der Waals surface area contributed by atoms with Gasteiger partial charge in [0.1, 0.15) is 17.9 Å². The number of hydrogen-bond acceptors (Lipinski definition) is 5. The highest BCUT2D eigenvalue weighted by Crippen LogP contribution is 2.33. The van der Waals surface area contributed by atoms with Gasteiger partial charge in [0.25, 0.3) is 5.56 Å². The van der Waals surface area contributed by atoms with E-state index < -0.39 is 47.9 Å². The van der Waals surface area contributed by atoms with Gasteiger partial charge in [0.15, 0.2) is 5.82 Å². The number of rotatable bonds is 12. The monoisotopic (exact) mass is 619 g/mol. The Morgan fingerprint density at radius 3 is 2.49 bits per heavy atom. The van der Waals surface area contributed by atoms with Crippen LogP contribution in [0.5, 0.6) is 0 Å². The van der Waals surface area contributed by atoms with E-state index in [-0.39, 0.29) is 12.3 Å². The molecule has 1 fully saturated rings. The van der Waals surface area contributed by atoms with E-state index in [1.807, 2.05) is 56.9 Å². The summed E-state index contributed by atoms with van der Waals surface area (Å²) in [4.78, 5) is 45.6. The molecule has 1 amide bonds. The number of carbonyl (C=O) groups excluding carboxylic acids is 1. The number of likely N-dealkylation sites (tertiary alicyclic amines) is 1. The van der Waals surface area contributed by atoms with Crippen molar-refractivity contribution in [1.82, 2.24) is 24.2 Å². The molecule has 1 aliphatic heterocycles. The van der Waals surface area contributed by atoms with Crippen LogP contribution >= 0.6 is 0 Å². The molecule has 5 rings (SSSR count). The molecule has 0 spiro atoms. The van der Waals surface area contributed by atoms with Crippen LogP contribution in [0.1, 0.15) is 61.0 Å². The summed E-state index contributed by atoms with van der Waals surface area (Å²) in [5.41, 5.74) is 4.62. The third-order valence-electron chi connectivity index (χ3n) is 8.38. The molecule has 45 heavy (non-hydrogen) atoms. The first-order valence-electron chi connectivity index (χ1n) is 15.2. The summed E-state index contributed by atoms with van der Waals surface area (Å²) in [7, 11) is 0. The van der Waals surface area contributed by atoms with E-state index in [0.717, 1.165) is 26.8 Å². The third kappa shape index (κ3) is 7.14. The van der Waals surface area contributed by atoms with Gasteiger partial charge in [-0.25, -0.2) is 13.8 Å². The number of carboxylic acid groups (broad SMARTS) is 1. The molecule has 1 saturated heterocycles. The van der Waals surface area contributed by atoms with Crippen LogP contribution in [0, 0.1) is 25.6 Å². The summed E-state index contributed by atoms with van der Waals surface area (Å²) in [5.74, 6) is -2.73. The molecule has 9 nitrogen and oxygen atoms in total. The quantitative estimate of drug-likeness (QED) is 0.230. The molecular formula is C34H39F2N5O4.